The Morgan fingerprint density at radius 3 is 1.79 bits per heavy atom. The molecule has 0 aliphatic carbocycles. The van der Waals surface area contributed by atoms with Crippen LogP contribution in [-0.4, -0.2) is 171 Å². The monoisotopic (exact) mass is 930 g/mol. The van der Waals surface area contributed by atoms with Crippen molar-refractivity contribution in [3.63, 3.8) is 0 Å². The van der Waals surface area contributed by atoms with Gasteiger partial charge in [-0.1, -0.05) is 100 Å². The minimum atomic E-state index is -2.26. The van der Waals surface area contributed by atoms with E-state index in [2.05, 4.69) is 31.2 Å². The number of hydrazine groups is 1. The van der Waals surface area contributed by atoms with Crippen LogP contribution in [0, 0.1) is 11.8 Å². The van der Waals surface area contributed by atoms with E-state index in [1.165, 1.54) is 4.90 Å². The highest BCUT2D eigenvalue weighted by Crippen LogP contribution is 2.19. The van der Waals surface area contributed by atoms with Crippen molar-refractivity contribution < 1.29 is 38.5 Å². The van der Waals surface area contributed by atoms with Crippen LogP contribution in [0.3, 0.4) is 0 Å². The summed E-state index contributed by atoms with van der Waals surface area (Å²) < 4.78 is 17.0. The van der Waals surface area contributed by atoms with Crippen LogP contribution in [0.1, 0.15) is 50.8 Å². The summed E-state index contributed by atoms with van der Waals surface area (Å²) in [5, 5.41) is 22.4. The largest absolute Gasteiger partial charge is 0.489 e. The van der Waals surface area contributed by atoms with E-state index in [4.69, 9.17) is 14.2 Å². The molecule has 2 heterocycles. The summed E-state index contributed by atoms with van der Waals surface area (Å²) in [4.78, 5) is 63.4. The Morgan fingerprint density at radius 1 is 0.716 bits per heavy atom. The lowest BCUT2D eigenvalue weighted by atomic mass is 9.97. The molecule has 2 aliphatic heterocycles. The summed E-state index contributed by atoms with van der Waals surface area (Å²) in [5.74, 6) is -1.50. The number of urea groups is 2. The second-order valence-electron chi connectivity index (χ2n) is 18.2. The predicted octanol–water partition coefficient (Wildman–Crippen LogP) is 3.53. The van der Waals surface area contributed by atoms with Crippen LogP contribution in [-0.2, 0) is 38.6 Å². The molecule has 3 aromatic rings. The first-order chi connectivity index (χ1) is 32.2. The predicted molar refractivity (Wildman–Crippen MR) is 258 cm³/mol. The summed E-state index contributed by atoms with van der Waals surface area (Å²) >= 11 is 0. The van der Waals surface area contributed by atoms with E-state index < -0.39 is 41.6 Å². The number of carbonyl (C=O) groups is 4. The molecule has 2 fully saturated rings. The van der Waals surface area contributed by atoms with Gasteiger partial charge >= 0.3 is 12.1 Å². The number of hydrogen-bond donors (Lipinski definition) is 5. The molecular formula is C50H75N9O8. The molecule has 0 aromatic heterocycles. The average molecular weight is 930 g/mol. The van der Waals surface area contributed by atoms with Gasteiger partial charge in [0.15, 0.2) is 0 Å². The zero-order valence-corrected chi connectivity index (χ0v) is 40.5. The second-order valence-corrected chi connectivity index (χ2v) is 18.2. The number of aliphatic hydroxyl groups is 1. The second kappa shape index (κ2) is 26.9. The van der Waals surface area contributed by atoms with E-state index in [1.54, 1.807) is 37.9 Å². The van der Waals surface area contributed by atoms with E-state index in [9.17, 15) is 24.3 Å². The van der Waals surface area contributed by atoms with E-state index in [-0.39, 0.29) is 25.0 Å². The highest BCUT2D eigenvalue weighted by Gasteiger charge is 2.43. The van der Waals surface area contributed by atoms with Crippen molar-refractivity contribution >= 4 is 23.9 Å². The molecule has 5 N–H and O–H groups in total. The number of nitrogens with one attached hydrogen (secondary N) is 4. The summed E-state index contributed by atoms with van der Waals surface area (Å²) in [6.07, 6.45) is 0.994. The van der Waals surface area contributed by atoms with Crippen LogP contribution in [0.5, 0.6) is 5.75 Å². The quantitative estimate of drug-likeness (QED) is 0.0656. The number of benzene rings is 3. The summed E-state index contributed by atoms with van der Waals surface area (Å²) in [6, 6.07) is 24.8. The van der Waals surface area contributed by atoms with Gasteiger partial charge in [-0.15, -0.1) is 0 Å². The lowest BCUT2D eigenvalue weighted by molar-refractivity contribution is -0.148. The first kappa shape index (κ1) is 52.7. The van der Waals surface area contributed by atoms with E-state index >= 15 is 0 Å². The number of morpholine rings is 2. The molecule has 3 aromatic carbocycles. The first-order valence-corrected chi connectivity index (χ1v) is 23.7. The Morgan fingerprint density at radius 2 is 1.25 bits per heavy atom. The van der Waals surface area contributed by atoms with Gasteiger partial charge in [0.05, 0.1) is 26.4 Å². The fraction of sp³-hybridized carbons (Fsp3) is 0.560. The number of likely N-dealkylation sites (N-methyl/N-ethyl adjacent to an activating group) is 2. The van der Waals surface area contributed by atoms with Gasteiger partial charge in [-0.3, -0.25) is 24.8 Å². The Hall–Kier alpha value is -5.30. The van der Waals surface area contributed by atoms with Gasteiger partial charge in [-0.25, -0.2) is 14.6 Å². The molecule has 0 saturated carbocycles. The molecule has 2 aliphatic rings. The molecule has 368 valence electrons. The number of rotatable bonds is 24. The molecule has 5 rings (SSSR count). The number of aryl methyl sites for hydroxylation is 1. The average Bonchev–Trinajstić information content (AvgIpc) is 3.33. The lowest BCUT2D eigenvalue weighted by Crippen LogP contribution is -2.66. The van der Waals surface area contributed by atoms with Crippen molar-refractivity contribution in [1.29, 1.82) is 0 Å². The Labute approximate surface area is 397 Å². The van der Waals surface area contributed by atoms with Crippen molar-refractivity contribution in [2.75, 3.05) is 99.4 Å². The van der Waals surface area contributed by atoms with Crippen molar-refractivity contribution in [2.45, 2.75) is 71.5 Å². The van der Waals surface area contributed by atoms with Crippen molar-refractivity contribution in [1.82, 2.24) is 46.0 Å². The lowest BCUT2D eigenvalue weighted by Gasteiger charge is -2.36. The third-order valence-corrected chi connectivity index (χ3v) is 12.3. The molecule has 0 bridgehead atoms. The maximum atomic E-state index is 14.4. The van der Waals surface area contributed by atoms with Gasteiger partial charge < -0.3 is 45.1 Å². The fourth-order valence-corrected chi connectivity index (χ4v) is 7.72. The molecule has 6 amide bonds. The minimum absolute atomic E-state index is 0.107. The van der Waals surface area contributed by atoms with Crippen LogP contribution < -0.4 is 26.1 Å². The zero-order valence-electron chi connectivity index (χ0n) is 40.5. The molecule has 0 radical (unpaired) electrons. The van der Waals surface area contributed by atoms with Gasteiger partial charge in [-0.2, -0.15) is 0 Å². The Kier molecular flexibility index (Phi) is 21.1. The SMILES string of the molecule is CC(C)[C@H](NC(=O)N(C)CCN1CCOCC1)C(=O)NN(Cc1ccc(OCc2ccccc2)cc1)C[C@H](CCc1ccccc1)NC(=O)[C@@](O)(NC(=O)N(C)CCN1CCOCC1)C(C)C. The third-order valence-electron chi connectivity index (χ3n) is 12.3. The summed E-state index contributed by atoms with van der Waals surface area (Å²) in [7, 11) is 3.35. The van der Waals surface area contributed by atoms with Gasteiger partial charge in [0.1, 0.15) is 18.4 Å². The first-order valence-electron chi connectivity index (χ1n) is 23.7. The fourth-order valence-electron chi connectivity index (χ4n) is 7.72. The Balaban J connectivity index is 1.35. The van der Waals surface area contributed by atoms with Crippen LogP contribution >= 0.6 is 0 Å². The van der Waals surface area contributed by atoms with Gasteiger partial charge in [-0.05, 0) is 47.6 Å². The minimum Gasteiger partial charge on any atom is -0.489 e. The van der Waals surface area contributed by atoms with Crippen LogP contribution in [0.25, 0.3) is 0 Å². The molecule has 17 nitrogen and oxygen atoms in total. The maximum absolute atomic E-state index is 14.4. The standard InChI is InChI=1S/C50H75N9O8/c1-38(2)45(52-48(62)55(5)23-25-57-27-31-65-32-28-57)46(60)54-59(35-41-18-21-44(22-19-41)67-37-42-15-11-8-12-16-42)36-43(20-17-40-13-9-7-10-14-40)51-47(61)50(64,39(3)4)53-49(63)56(6)24-26-58-29-33-66-34-30-58/h7-16,18-19,21-22,38-39,43,45,64H,17,20,23-37H2,1-6H3,(H,51,61)(H,52,62)(H,53,63)(H,54,60)/t43-,45-,50+/m0/s1. The number of amides is 6. The Bertz CT molecular complexity index is 1950. The van der Waals surface area contributed by atoms with Crippen molar-refractivity contribution in [3.8, 4) is 5.75 Å². The molecule has 17 heteroatoms. The molecule has 0 unspecified atom stereocenters. The highest BCUT2D eigenvalue weighted by molar-refractivity contribution is 5.90. The normalized spacial score (nSPS) is 16.4. The highest BCUT2D eigenvalue weighted by atomic mass is 16.5. The van der Waals surface area contributed by atoms with Gasteiger partial charge in [0, 0.05) is 91.5 Å². The number of carbonyl (C=O) groups excluding carboxylic acids is 4. The van der Waals surface area contributed by atoms with Crippen LogP contribution in [0.4, 0.5) is 9.59 Å². The molecule has 3 atom stereocenters. The molecule has 2 saturated heterocycles. The van der Waals surface area contributed by atoms with Crippen molar-refractivity contribution in [3.05, 3.63) is 102 Å². The molecular weight excluding hydrogens is 855 g/mol. The summed E-state index contributed by atoms with van der Waals surface area (Å²) in [5.41, 5.74) is 3.76. The van der Waals surface area contributed by atoms with Gasteiger partial charge in [0.2, 0.25) is 5.72 Å². The third kappa shape index (κ3) is 17.4. The topological polar surface area (TPSA) is 181 Å². The van der Waals surface area contributed by atoms with Gasteiger partial charge in [0.25, 0.3) is 11.8 Å². The number of ether oxygens (including phenoxy) is 3. The number of hydrogen-bond acceptors (Lipinski definition) is 11. The molecule has 0 spiro atoms. The maximum Gasteiger partial charge on any atom is 0.319 e. The van der Waals surface area contributed by atoms with E-state index in [1.807, 2.05) is 98.8 Å². The molecule has 67 heavy (non-hydrogen) atoms. The van der Waals surface area contributed by atoms with E-state index in [0.717, 1.165) is 42.9 Å². The summed E-state index contributed by atoms with van der Waals surface area (Å²) in [6.45, 7) is 15.7. The van der Waals surface area contributed by atoms with Crippen molar-refractivity contribution in [2.24, 2.45) is 11.8 Å². The number of nitrogens with zero attached hydrogens (tertiary/aromatic N) is 5. The van der Waals surface area contributed by atoms with Crippen LogP contribution in [0.2, 0.25) is 0 Å². The van der Waals surface area contributed by atoms with E-state index in [0.29, 0.717) is 77.8 Å². The van der Waals surface area contributed by atoms with Crippen LogP contribution in [0.15, 0.2) is 84.9 Å². The zero-order chi connectivity index (χ0) is 48.2. The smallest absolute Gasteiger partial charge is 0.319 e.